The second-order valence-electron chi connectivity index (χ2n) is 9.42. The molecule has 2 aromatic rings. The molecule has 0 atom stereocenters. The molecule has 1 aliphatic heterocycles. The van der Waals surface area contributed by atoms with Gasteiger partial charge in [-0.3, -0.25) is 15.0 Å². The molecule has 0 bridgehead atoms. The first-order valence-corrected chi connectivity index (χ1v) is 11.4. The minimum absolute atomic E-state index is 0. The maximum absolute atomic E-state index is 13.3. The molecule has 1 heterocycles. The van der Waals surface area contributed by atoms with Crippen LogP contribution in [-0.2, 0) is 16.8 Å². The fraction of sp³-hybridized carbons (Fsp3) is 0.423. The van der Waals surface area contributed by atoms with E-state index in [1.165, 1.54) is 6.07 Å². The number of carbonyl (C=O) groups is 2. The molecule has 3 rings (SSSR count). The van der Waals surface area contributed by atoms with Gasteiger partial charge in [0.1, 0.15) is 11.6 Å². The van der Waals surface area contributed by atoms with E-state index in [-0.39, 0.29) is 59.7 Å². The average Bonchev–Trinajstić information content (AvgIpc) is 3.06. The average molecular weight is 548 g/mol. The number of nitrogens with two attached hydrogens (primary N) is 1. The molecule has 0 saturated carbocycles. The number of hydrogen-bond acceptors (Lipinski definition) is 6. The molecule has 0 fully saturated rings. The van der Waals surface area contributed by atoms with Crippen LogP contribution in [0.4, 0.5) is 0 Å². The number of nitrogens with zero attached hydrogens (tertiary/aromatic N) is 1. The van der Waals surface area contributed by atoms with Crippen molar-refractivity contribution in [3.8, 4) is 17.2 Å². The highest BCUT2D eigenvalue weighted by Crippen LogP contribution is 2.39. The standard InChI is InChI=1S/C26H33N3O5.BrH/c1-5-33-18-9-8-16-14-29(25(28)19(16)13-18)15-21(30)17-11-20(26(2,3)4)24(32)22(12-17)34-10-6-7-23(27)31;/h8-9,11-13,28,32H,5-7,10,14-15H2,1-4H3,(H2,27,31);1H. The van der Waals surface area contributed by atoms with E-state index in [1.807, 2.05) is 45.9 Å². The summed E-state index contributed by atoms with van der Waals surface area (Å²) >= 11 is 0. The third kappa shape index (κ3) is 6.75. The molecule has 0 aromatic heterocycles. The van der Waals surface area contributed by atoms with E-state index in [0.29, 0.717) is 36.4 Å². The van der Waals surface area contributed by atoms with Crippen molar-refractivity contribution in [3.05, 3.63) is 52.6 Å². The zero-order valence-electron chi connectivity index (χ0n) is 20.6. The molecule has 8 nitrogen and oxygen atoms in total. The lowest BCUT2D eigenvalue weighted by Crippen LogP contribution is -2.30. The summed E-state index contributed by atoms with van der Waals surface area (Å²) in [6.45, 7) is 8.94. The van der Waals surface area contributed by atoms with Gasteiger partial charge in [-0.05, 0) is 48.6 Å². The Labute approximate surface area is 216 Å². The van der Waals surface area contributed by atoms with Crippen molar-refractivity contribution in [1.29, 1.82) is 5.41 Å². The van der Waals surface area contributed by atoms with Crippen molar-refractivity contribution in [1.82, 2.24) is 4.90 Å². The number of halogens is 1. The number of carbonyl (C=O) groups excluding carboxylic acids is 2. The number of rotatable bonds is 10. The van der Waals surface area contributed by atoms with Crippen molar-refractivity contribution in [2.75, 3.05) is 19.8 Å². The van der Waals surface area contributed by atoms with Crippen molar-refractivity contribution in [3.63, 3.8) is 0 Å². The van der Waals surface area contributed by atoms with Gasteiger partial charge in [-0.25, -0.2) is 0 Å². The van der Waals surface area contributed by atoms with Gasteiger partial charge in [-0.1, -0.05) is 26.8 Å². The first-order valence-electron chi connectivity index (χ1n) is 11.4. The molecule has 1 amide bonds. The summed E-state index contributed by atoms with van der Waals surface area (Å²) in [5.74, 6) is 0.548. The molecule has 1 aliphatic rings. The maximum atomic E-state index is 13.3. The number of Topliss-reactive ketones (excluding diaryl/α,β-unsaturated/α-hetero) is 1. The molecule has 0 radical (unpaired) electrons. The second-order valence-corrected chi connectivity index (χ2v) is 9.42. The van der Waals surface area contributed by atoms with Gasteiger partial charge < -0.3 is 25.2 Å². The number of ether oxygens (including phenoxy) is 2. The number of primary amides is 1. The Kier molecular flexibility index (Phi) is 9.31. The third-order valence-corrected chi connectivity index (χ3v) is 5.69. The second kappa shape index (κ2) is 11.6. The van der Waals surface area contributed by atoms with Gasteiger partial charge in [0.25, 0.3) is 0 Å². The van der Waals surface area contributed by atoms with Crippen molar-refractivity contribution in [2.45, 2.75) is 52.5 Å². The normalized spacial score (nSPS) is 12.7. The minimum Gasteiger partial charge on any atom is -0.504 e. The van der Waals surface area contributed by atoms with E-state index in [1.54, 1.807) is 11.0 Å². The Hall–Kier alpha value is -3.07. The first kappa shape index (κ1) is 28.2. The topological polar surface area (TPSA) is 126 Å². The minimum atomic E-state index is -0.433. The number of amides is 1. The Morgan fingerprint density at radius 3 is 2.51 bits per heavy atom. The number of amidine groups is 1. The molecule has 4 N–H and O–H groups in total. The van der Waals surface area contributed by atoms with Crippen LogP contribution in [0, 0.1) is 5.41 Å². The zero-order chi connectivity index (χ0) is 25.0. The molecular weight excluding hydrogens is 514 g/mol. The smallest absolute Gasteiger partial charge is 0.217 e. The van der Waals surface area contributed by atoms with Gasteiger partial charge in [0.05, 0.1) is 19.8 Å². The molecule has 35 heavy (non-hydrogen) atoms. The van der Waals surface area contributed by atoms with Gasteiger partial charge in [0.15, 0.2) is 17.3 Å². The van der Waals surface area contributed by atoms with Crippen LogP contribution in [-0.4, -0.2) is 47.3 Å². The Morgan fingerprint density at radius 1 is 1.17 bits per heavy atom. The number of phenolic OH excluding ortho intramolecular Hbond substituents is 1. The number of phenols is 1. The Morgan fingerprint density at radius 2 is 1.89 bits per heavy atom. The molecule has 190 valence electrons. The quantitative estimate of drug-likeness (QED) is 0.300. The van der Waals surface area contributed by atoms with Crippen LogP contribution in [0.1, 0.15) is 67.6 Å². The van der Waals surface area contributed by atoms with E-state index in [0.717, 1.165) is 11.1 Å². The molecule has 0 unspecified atom stereocenters. The van der Waals surface area contributed by atoms with Gasteiger partial charge >= 0.3 is 0 Å². The number of aromatic hydroxyl groups is 1. The van der Waals surface area contributed by atoms with E-state index < -0.39 is 11.3 Å². The predicted octanol–water partition coefficient (Wildman–Crippen LogP) is 4.33. The van der Waals surface area contributed by atoms with Gasteiger partial charge in [-0.15, -0.1) is 17.0 Å². The van der Waals surface area contributed by atoms with Crippen LogP contribution < -0.4 is 15.2 Å². The molecule has 0 spiro atoms. The summed E-state index contributed by atoms with van der Waals surface area (Å²) in [6.07, 6.45) is 0.582. The lowest BCUT2D eigenvalue weighted by atomic mass is 9.84. The lowest BCUT2D eigenvalue weighted by molar-refractivity contribution is -0.118. The summed E-state index contributed by atoms with van der Waals surface area (Å²) in [4.78, 5) is 26.0. The summed E-state index contributed by atoms with van der Waals surface area (Å²) < 4.78 is 11.3. The van der Waals surface area contributed by atoms with Crippen LogP contribution in [0.2, 0.25) is 0 Å². The summed E-state index contributed by atoms with van der Waals surface area (Å²) in [5.41, 5.74) is 7.46. The van der Waals surface area contributed by atoms with Crippen molar-refractivity contribution < 1.29 is 24.2 Å². The van der Waals surface area contributed by atoms with E-state index in [9.17, 15) is 14.7 Å². The Balaban J connectivity index is 0.00000432. The lowest BCUT2D eigenvalue weighted by Gasteiger charge is -2.24. The first-order chi connectivity index (χ1) is 16.0. The summed E-state index contributed by atoms with van der Waals surface area (Å²) in [5, 5.41) is 19.3. The fourth-order valence-corrected chi connectivity index (χ4v) is 3.90. The highest BCUT2D eigenvalue weighted by Gasteiger charge is 2.28. The molecule has 9 heteroatoms. The number of benzene rings is 2. The van der Waals surface area contributed by atoms with Gasteiger partial charge in [-0.2, -0.15) is 0 Å². The van der Waals surface area contributed by atoms with Crippen LogP contribution in [0.3, 0.4) is 0 Å². The summed E-state index contributed by atoms with van der Waals surface area (Å²) in [7, 11) is 0. The Bertz CT molecular complexity index is 1110. The van der Waals surface area contributed by atoms with E-state index in [2.05, 4.69) is 0 Å². The van der Waals surface area contributed by atoms with Crippen LogP contribution in [0.15, 0.2) is 30.3 Å². The predicted molar refractivity (Wildman–Crippen MR) is 140 cm³/mol. The fourth-order valence-electron chi connectivity index (χ4n) is 3.90. The number of nitrogens with one attached hydrogen (secondary N) is 1. The van der Waals surface area contributed by atoms with Gasteiger partial charge in [0.2, 0.25) is 5.91 Å². The SMILES string of the molecule is Br.CCOc1ccc2c(c1)C(=N)N(CC(=O)c1cc(OCCCC(N)=O)c(O)c(C(C)(C)C)c1)C2. The highest BCUT2D eigenvalue weighted by atomic mass is 79.9. The molecule has 2 aromatic carbocycles. The van der Waals surface area contributed by atoms with Crippen LogP contribution >= 0.6 is 17.0 Å². The number of fused-ring (bicyclic) bond motifs is 1. The molecular formula is C26H34BrN3O5. The third-order valence-electron chi connectivity index (χ3n) is 5.69. The van der Waals surface area contributed by atoms with Crippen molar-refractivity contribution >= 4 is 34.5 Å². The zero-order valence-corrected chi connectivity index (χ0v) is 22.4. The monoisotopic (exact) mass is 547 g/mol. The molecule has 0 saturated heterocycles. The largest absolute Gasteiger partial charge is 0.504 e. The van der Waals surface area contributed by atoms with E-state index in [4.69, 9.17) is 20.6 Å². The highest BCUT2D eigenvalue weighted by molar-refractivity contribution is 8.93. The number of ketones is 1. The van der Waals surface area contributed by atoms with Crippen LogP contribution in [0.25, 0.3) is 0 Å². The van der Waals surface area contributed by atoms with E-state index >= 15 is 0 Å². The van der Waals surface area contributed by atoms with Gasteiger partial charge in [0, 0.05) is 29.7 Å². The van der Waals surface area contributed by atoms with Crippen molar-refractivity contribution in [2.24, 2.45) is 5.73 Å². The molecule has 0 aliphatic carbocycles. The maximum Gasteiger partial charge on any atom is 0.217 e. The van der Waals surface area contributed by atoms with Crippen LogP contribution in [0.5, 0.6) is 17.2 Å². The number of hydrogen-bond donors (Lipinski definition) is 3. The summed E-state index contributed by atoms with van der Waals surface area (Å²) in [6, 6.07) is 8.85.